The zero-order valence-electron chi connectivity index (χ0n) is 7.20. The Morgan fingerprint density at radius 2 is 2.08 bits per heavy atom. The fraction of sp³-hybridized carbons (Fsp3) is 0.500. The third kappa shape index (κ3) is 5.46. The number of rotatable bonds is 4. The molecule has 0 fully saturated rings. The molecule has 0 aliphatic rings. The lowest BCUT2D eigenvalue weighted by Gasteiger charge is -1.94. The van der Waals surface area contributed by atoms with Crippen LogP contribution in [0.15, 0.2) is 12.2 Å². The molecule has 0 amide bonds. The van der Waals surface area contributed by atoms with Crippen LogP contribution in [-0.4, -0.2) is 25.7 Å². The van der Waals surface area contributed by atoms with Crippen LogP contribution in [0.1, 0.15) is 13.3 Å². The van der Waals surface area contributed by atoms with Gasteiger partial charge in [-0.2, -0.15) is 0 Å². The molecule has 0 aromatic carbocycles. The summed E-state index contributed by atoms with van der Waals surface area (Å²) in [6.45, 7) is 2.05. The third-order valence-corrected chi connectivity index (χ3v) is 1.05. The van der Waals surface area contributed by atoms with Crippen molar-refractivity contribution >= 4 is 11.9 Å². The average molecular weight is 172 g/mol. The van der Waals surface area contributed by atoms with Crippen molar-refractivity contribution in [2.24, 2.45) is 0 Å². The van der Waals surface area contributed by atoms with Crippen LogP contribution in [0.3, 0.4) is 0 Å². The van der Waals surface area contributed by atoms with E-state index in [1.54, 1.807) is 6.92 Å². The van der Waals surface area contributed by atoms with Crippen LogP contribution >= 0.6 is 0 Å². The first-order chi connectivity index (χ1) is 5.70. The summed E-state index contributed by atoms with van der Waals surface area (Å²) < 4.78 is 8.93. The molecule has 4 heteroatoms. The number of methoxy groups -OCH3 is 1. The summed E-state index contributed by atoms with van der Waals surface area (Å²) in [5.41, 5.74) is 0. The maximum atomic E-state index is 10.7. The van der Waals surface area contributed by atoms with Crippen LogP contribution in [0, 0.1) is 0 Å². The van der Waals surface area contributed by atoms with Crippen LogP contribution < -0.4 is 0 Å². The van der Waals surface area contributed by atoms with Gasteiger partial charge in [-0.15, -0.1) is 0 Å². The van der Waals surface area contributed by atoms with Crippen molar-refractivity contribution in [3.8, 4) is 0 Å². The Labute approximate surface area is 71.2 Å². The van der Waals surface area contributed by atoms with Crippen molar-refractivity contribution in [2.45, 2.75) is 13.3 Å². The highest BCUT2D eigenvalue weighted by molar-refractivity contribution is 5.83. The van der Waals surface area contributed by atoms with E-state index in [4.69, 9.17) is 0 Å². The summed E-state index contributed by atoms with van der Waals surface area (Å²) in [7, 11) is 1.29. The molecule has 0 aliphatic heterocycles. The second-order valence-electron chi connectivity index (χ2n) is 1.93. The predicted molar refractivity (Wildman–Crippen MR) is 42.4 cm³/mol. The van der Waals surface area contributed by atoms with Crippen molar-refractivity contribution in [1.82, 2.24) is 0 Å². The van der Waals surface area contributed by atoms with Crippen molar-refractivity contribution < 1.29 is 19.1 Å². The molecule has 0 aromatic heterocycles. The summed E-state index contributed by atoms with van der Waals surface area (Å²) >= 11 is 0. The lowest BCUT2D eigenvalue weighted by atomic mass is 10.4. The first kappa shape index (κ1) is 10.7. The van der Waals surface area contributed by atoms with Crippen molar-refractivity contribution in [3.05, 3.63) is 12.2 Å². The van der Waals surface area contributed by atoms with E-state index in [1.165, 1.54) is 19.3 Å². The maximum Gasteiger partial charge on any atom is 0.330 e. The van der Waals surface area contributed by atoms with Crippen molar-refractivity contribution in [1.29, 1.82) is 0 Å². The molecule has 0 bridgehead atoms. The van der Waals surface area contributed by atoms with Gasteiger partial charge in [-0.3, -0.25) is 4.79 Å². The molecule has 0 rings (SSSR count). The normalized spacial score (nSPS) is 9.83. The van der Waals surface area contributed by atoms with Gasteiger partial charge >= 0.3 is 11.9 Å². The van der Waals surface area contributed by atoms with E-state index in [0.717, 1.165) is 0 Å². The fourth-order valence-electron chi connectivity index (χ4n) is 0.525. The standard InChI is InChI=1S/C8H12O4/c1-3-12-8(10)6-4-5-7(9)11-2/h4,6H,3,5H2,1-2H3. The van der Waals surface area contributed by atoms with Gasteiger partial charge in [0.25, 0.3) is 0 Å². The minimum atomic E-state index is -0.443. The van der Waals surface area contributed by atoms with Crippen LogP contribution in [0.25, 0.3) is 0 Å². The van der Waals surface area contributed by atoms with E-state index in [9.17, 15) is 9.59 Å². The van der Waals surface area contributed by atoms with Gasteiger partial charge in [0.05, 0.1) is 20.1 Å². The smallest absolute Gasteiger partial charge is 0.330 e. The summed E-state index contributed by atoms with van der Waals surface area (Å²) in [6.07, 6.45) is 2.71. The summed E-state index contributed by atoms with van der Waals surface area (Å²) in [6, 6.07) is 0. The Morgan fingerprint density at radius 3 is 2.58 bits per heavy atom. The van der Waals surface area contributed by atoms with E-state index in [1.807, 2.05) is 0 Å². The number of carbonyl (C=O) groups is 2. The third-order valence-electron chi connectivity index (χ3n) is 1.05. The van der Waals surface area contributed by atoms with Gasteiger partial charge in [-0.1, -0.05) is 6.08 Å². The number of carbonyl (C=O) groups excluding carboxylic acids is 2. The molecule has 0 radical (unpaired) electrons. The monoisotopic (exact) mass is 172 g/mol. The highest BCUT2D eigenvalue weighted by Gasteiger charge is 1.96. The van der Waals surface area contributed by atoms with E-state index in [-0.39, 0.29) is 12.4 Å². The lowest BCUT2D eigenvalue weighted by Crippen LogP contribution is -2.01. The first-order valence-corrected chi connectivity index (χ1v) is 3.60. The van der Waals surface area contributed by atoms with Crippen molar-refractivity contribution in [3.63, 3.8) is 0 Å². The van der Waals surface area contributed by atoms with E-state index < -0.39 is 5.97 Å². The number of esters is 2. The van der Waals surface area contributed by atoms with Crippen LogP contribution in [-0.2, 0) is 19.1 Å². The Bertz CT molecular complexity index is 183. The molecule has 0 atom stereocenters. The Balaban J connectivity index is 3.61. The predicted octanol–water partition coefficient (Wildman–Crippen LogP) is 0.669. The Hall–Kier alpha value is -1.32. The molecule has 12 heavy (non-hydrogen) atoms. The topological polar surface area (TPSA) is 52.6 Å². The highest BCUT2D eigenvalue weighted by Crippen LogP contribution is 1.88. The maximum absolute atomic E-state index is 10.7. The van der Waals surface area contributed by atoms with E-state index in [0.29, 0.717) is 6.61 Å². The molecule has 68 valence electrons. The van der Waals surface area contributed by atoms with Gasteiger partial charge in [0.2, 0.25) is 0 Å². The molecule has 0 aliphatic carbocycles. The fourth-order valence-corrected chi connectivity index (χ4v) is 0.525. The molecule has 0 N–H and O–H groups in total. The van der Waals surface area contributed by atoms with Gasteiger partial charge in [0.1, 0.15) is 0 Å². The largest absolute Gasteiger partial charge is 0.469 e. The Kier molecular flexibility index (Phi) is 5.69. The number of hydrogen-bond donors (Lipinski definition) is 0. The molecule has 0 unspecified atom stereocenters. The second kappa shape index (κ2) is 6.39. The number of ether oxygens (including phenoxy) is 2. The molecule has 0 aromatic rings. The molecule has 4 nitrogen and oxygen atoms in total. The summed E-state index contributed by atoms with van der Waals surface area (Å²) in [4.78, 5) is 21.2. The molecule has 0 saturated carbocycles. The zero-order chi connectivity index (χ0) is 9.40. The van der Waals surface area contributed by atoms with Gasteiger partial charge < -0.3 is 9.47 Å². The van der Waals surface area contributed by atoms with Crippen molar-refractivity contribution in [2.75, 3.05) is 13.7 Å². The molecule has 0 saturated heterocycles. The molecule has 0 spiro atoms. The molecular formula is C8H12O4. The van der Waals surface area contributed by atoms with Gasteiger partial charge in [-0.05, 0) is 6.92 Å². The van der Waals surface area contributed by atoms with Crippen LogP contribution in [0.5, 0.6) is 0 Å². The van der Waals surface area contributed by atoms with E-state index in [2.05, 4.69) is 9.47 Å². The minimum Gasteiger partial charge on any atom is -0.469 e. The minimum absolute atomic E-state index is 0.0926. The quantitative estimate of drug-likeness (QED) is 0.462. The highest BCUT2D eigenvalue weighted by atomic mass is 16.5. The molecular weight excluding hydrogens is 160 g/mol. The zero-order valence-corrected chi connectivity index (χ0v) is 7.20. The average Bonchev–Trinajstić information content (AvgIpc) is 2.04. The first-order valence-electron chi connectivity index (χ1n) is 3.60. The van der Waals surface area contributed by atoms with Crippen LogP contribution in [0.4, 0.5) is 0 Å². The lowest BCUT2D eigenvalue weighted by molar-refractivity contribution is -0.139. The van der Waals surface area contributed by atoms with Gasteiger partial charge in [0, 0.05) is 6.08 Å². The number of hydrogen-bond acceptors (Lipinski definition) is 4. The Morgan fingerprint density at radius 1 is 1.42 bits per heavy atom. The van der Waals surface area contributed by atoms with E-state index >= 15 is 0 Å². The second-order valence-corrected chi connectivity index (χ2v) is 1.93. The summed E-state index contributed by atoms with van der Waals surface area (Å²) in [5.74, 6) is -0.822. The summed E-state index contributed by atoms with van der Waals surface area (Å²) in [5, 5.41) is 0. The molecule has 0 heterocycles. The van der Waals surface area contributed by atoms with Gasteiger partial charge in [0.15, 0.2) is 0 Å². The van der Waals surface area contributed by atoms with Gasteiger partial charge in [-0.25, -0.2) is 4.79 Å². The SMILES string of the molecule is CCOC(=O)C=CCC(=O)OC. The van der Waals surface area contributed by atoms with Crippen LogP contribution in [0.2, 0.25) is 0 Å².